The molecule has 1 aromatic carbocycles. The number of nitrogens with zero attached hydrogens (tertiary/aromatic N) is 2. The number of amides is 2. The zero-order valence-electron chi connectivity index (χ0n) is 22.3. The van der Waals surface area contributed by atoms with Gasteiger partial charge in [0, 0.05) is 36.0 Å². The van der Waals surface area contributed by atoms with Gasteiger partial charge in [-0.1, -0.05) is 12.0 Å². The Balaban J connectivity index is 1.51. The van der Waals surface area contributed by atoms with Gasteiger partial charge in [-0.05, 0) is 51.3 Å². The third kappa shape index (κ3) is 4.76. The van der Waals surface area contributed by atoms with Gasteiger partial charge in [0.2, 0.25) is 0 Å². The van der Waals surface area contributed by atoms with E-state index in [1.807, 2.05) is 13.8 Å². The largest absolute Gasteiger partial charge is 0.492 e. The molecule has 0 saturated carbocycles. The number of methoxy groups -OCH3 is 1. The molecule has 0 radical (unpaired) electrons. The molecular weight excluding hydrogens is 501 g/mol. The number of para-hydroxylation sites is 1. The summed E-state index contributed by atoms with van der Waals surface area (Å²) in [6.45, 7) is 6.39. The number of benzene rings is 1. The summed E-state index contributed by atoms with van der Waals surface area (Å²) in [6.07, 6.45) is 4.60. The Morgan fingerprint density at radius 2 is 2.15 bits per heavy atom. The fourth-order valence-corrected chi connectivity index (χ4v) is 5.43. The fraction of sp³-hybridized carbons (Fsp3) is 0.345. The van der Waals surface area contributed by atoms with Crippen LogP contribution in [0.25, 0.3) is 11.3 Å². The number of rotatable bonds is 7. The van der Waals surface area contributed by atoms with Gasteiger partial charge in [-0.15, -0.1) is 0 Å². The molecule has 2 aromatic heterocycles. The molecule has 2 amide bonds. The standard InChI is InChI=1S/C29H30FN5O4/c1-5-7-23(36)35-17(14-29(35,2)3)16-39-22-15-31-12-10-18(22)25-26(24-20(33-25)11-13-32-28(24)37)34-21-9-6-8-19(30)27(21)38-4/h6,8-10,12,15,17,33-34H,11,13-14,16H2,1-4H3,(H,32,37)/t17-/m1/s1. The van der Waals surface area contributed by atoms with E-state index in [1.54, 1.807) is 42.4 Å². The van der Waals surface area contributed by atoms with E-state index in [0.717, 1.165) is 12.1 Å². The first-order valence-electron chi connectivity index (χ1n) is 12.7. The lowest BCUT2D eigenvalue weighted by Crippen LogP contribution is -2.66. The predicted molar refractivity (Wildman–Crippen MR) is 145 cm³/mol. The van der Waals surface area contributed by atoms with Crippen molar-refractivity contribution in [3.8, 4) is 34.6 Å². The number of ether oxygens (including phenoxy) is 2. The highest BCUT2D eigenvalue weighted by molar-refractivity contribution is 6.06. The molecule has 202 valence electrons. The molecule has 0 bridgehead atoms. The van der Waals surface area contributed by atoms with Crippen molar-refractivity contribution in [2.24, 2.45) is 0 Å². The van der Waals surface area contributed by atoms with Crippen LogP contribution in [0.2, 0.25) is 0 Å². The number of hydrogen-bond donors (Lipinski definition) is 3. The summed E-state index contributed by atoms with van der Waals surface area (Å²) in [5.74, 6) is 4.82. The maximum Gasteiger partial charge on any atom is 0.299 e. The normalized spacial score (nSPS) is 17.2. The summed E-state index contributed by atoms with van der Waals surface area (Å²) in [5.41, 5.74) is 3.00. The van der Waals surface area contributed by atoms with Gasteiger partial charge in [-0.25, -0.2) is 4.39 Å². The first kappa shape index (κ1) is 26.1. The van der Waals surface area contributed by atoms with Crippen LogP contribution in [-0.2, 0) is 11.2 Å². The average molecular weight is 532 g/mol. The van der Waals surface area contributed by atoms with Crippen LogP contribution in [0.5, 0.6) is 11.5 Å². The van der Waals surface area contributed by atoms with Crippen LogP contribution in [0.4, 0.5) is 15.8 Å². The molecule has 39 heavy (non-hydrogen) atoms. The minimum Gasteiger partial charge on any atom is -0.492 e. The molecule has 2 aliphatic heterocycles. The smallest absolute Gasteiger partial charge is 0.299 e. The van der Waals surface area contributed by atoms with Crippen molar-refractivity contribution >= 4 is 23.2 Å². The van der Waals surface area contributed by atoms with Gasteiger partial charge >= 0.3 is 0 Å². The third-order valence-electron chi connectivity index (χ3n) is 7.08. The van der Waals surface area contributed by atoms with Crippen LogP contribution >= 0.6 is 0 Å². The Hall–Kier alpha value is -4.52. The van der Waals surface area contributed by atoms with E-state index in [1.165, 1.54) is 13.2 Å². The second-order valence-corrected chi connectivity index (χ2v) is 10.1. The molecule has 3 aromatic rings. The maximum atomic E-state index is 14.5. The lowest BCUT2D eigenvalue weighted by molar-refractivity contribution is -0.149. The van der Waals surface area contributed by atoms with E-state index in [0.29, 0.717) is 46.9 Å². The first-order chi connectivity index (χ1) is 18.7. The van der Waals surface area contributed by atoms with Crippen LogP contribution in [-0.4, -0.2) is 58.5 Å². The molecule has 1 atom stereocenters. The number of carbonyl (C=O) groups excluding carboxylic acids is 2. The number of aromatic amines is 1. The second-order valence-electron chi connectivity index (χ2n) is 10.1. The van der Waals surface area contributed by atoms with Crippen molar-refractivity contribution in [2.75, 3.05) is 25.6 Å². The predicted octanol–water partition coefficient (Wildman–Crippen LogP) is 4.04. The van der Waals surface area contributed by atoms with Crippen LogP contribution in [0.15, 0.2) is 36.7 Å². The van der Waals surface area contributed by atoms with Crippen LogP contribution in [0.3, 0.4) is 0 Å². The van der Waals surface area contributed by atoms with Gasteiger partial charge in [0.15, 0.2) is 11.6 Å². The summed E-state index contributed by atoms with van der Waals surface area (Å²) >= 11 is 0. The van der Waals surface area contributed by atoms with Crippen molar-refractivity contribution < 1.29 is 23.5 Å². The summed E-state index contributed by atoms with van der Waals surface area (Å²) in [6, 6.07) is 6.20. The summed E-state index contributed by atoms with van der Waals surface area (Å²) in [7, 11) is 1.39. The molecule has 0 aliphatic carbocycles. The van der Waals surface area contributed by atoms with Crippen LogP contribution in [0, 0.1) is 17.7 Å². The Labute approximate surface area is 226 Å². The van der Waals surface area contributed by atoms with E-state index in [9.17, 15) is 14.0 Å². The Morgan fingerprint density at radius 3 is 2.90 bits per heavy atom. The SMILES string of the molecule is CC#CC(=O)N1[C@@H](COc2cnccc2-c2[nH]c3c(c2Nc2cccc(F)c2OC)C(=O)NCC3)CC1(C)C. The molecule has 3 N–H and O–H groups in total. The van der Waals surface area contributed by atoms with Gasteiger partial charge < -0.3 is 30.0 Å². The molecule has 5 rings (SSSR count). The van der Waals surface area contributed by atoms with Gasteiger partial charge in [-0.3, -0.25) is 14.6 Å². The Kier molecular flexibility index (Phi) is 6.91. The lowest BCUT2D eigenvalue weighted by Gasteiger charge is -2.53. The molecule has 4 heterocycles. The number of anilines is 2. The number of hydrogen-bond acceptors (Lipinski definition) is 6. The summed E-state index contributed by atoms with van der Waals surface area (Å²) in [5, 5.41) is 6.11. The molecule has 1 fully saturated rings. The molecule has 1 saturated heterocycles. The molecule has 2 aliphatic rings. The highest BCUT2D eigenvalue weighted by Crippen LogP contribution is 2.42. The number of halogens is 1. The number of likely N-dealkylation sites (tertiary alicyclic amines) is 1. The number of aromatic nitrogens is 2. The van der Waals surface area contributed by atoms with E-state index < -0.39 is 5.82 Å². The van der Waals surface area contributed by atoms with E-state index in [2.05, 4.69) is 32.4 Å². The molecular formula is C29H30FN5O4. The van der Waals surface area contributed by atoms with Crippen molar-refractivity contribution in [1.29, 1.82) is 0 Å². The van der Waals surface area contributed by atoms with E-state index in [4.69, 9.17) is 9.47 Å². The molecule has 9 nitrogen and oxygen atoms in total. The van der Waals surface area contributed by atoms with E-state index >= 15 is 0 Å². The summed E-state index contributed by atoms with van der Waals surface area (Å²) < 4.78 is 26.0. The summed E-state index contributed by atoms with van der Waals surface area (Å²) in [4.78, 5) is 34.9. The number of pyridine rings is 1. The van der Waals surface area contributed by atoms with Crippen molar-refractivity contribution in [3.05, 3.63) is 53.7 Å². The Morgan fingerprint density at radius 1 is 1.33 bits per heavy atom. The van der Waals surface area contributed by atoms with Gasteiger partial charge in [-0.2, -0.15) is 0 Å². The lowest BCUT2D eigenvalue weighted by atomic mass is 9.81. The van der Waals surface area contributed by atoms with Crippen molar-refractivity contribution in [1.82, 2.24) is 20.2 Å². The monoisotopic (exact) mass is 531 g/mol. The van der Waals surface area contributed by atoms with Gasteiger partial charge in [0.1, 0.15) is 12.4 Å². The van der Waals surface area contributed by atoms with Crippen LogP contribution in [0.1, 0.15) is 43.2 Å². The Bertz CT molecular complexity index is 1500. The van der Waals surface area contributed by atoms with Crippen molar-refractivity contribution in [2.45, 2.75) is 45.2 Å². The minimum absolute atomic E-state index is 0.0355. The number of H-pyrrole nitrogens is 1. The quantitative estimate of drug-likeness (QED) is 0.397. The van der Waals surface area contributed by atoms with Crippen molar-refractivity contribution in [3.63, 3.8) is 0 Å². The second kappa shape index (κ2) is 10.3. The van der Waals surface area contributed by atoms with E-state index in [-0.39, 0.29) is 35.8 Å². The third-order valence-corrected chi connectivity index (χ3v) is 7.08. The molecule has 10 heteroatoms. The minimum atomic E-state index is -0.527. The number of fused-ring (bicyclic) bond motifs is 1. The zero-order valence-corrected chi connectivity index (χ0v) is 22.3. The zero-order chi connectivity index (χ0) is 27.7. The highest BCUT2D eigenvalue weighted by atomic mass is 19.1. The maximum absolute atomic E-state index is 14.5. The molecule has 0 spiro atoms. The first-order valence-corrected chi connectivity index (χ1v) is 12.7. The number of carbonyl (C=O) groups is 2. The van der Waals surface area contributed by atoms with Gasteiger partial charge in [0.25, 0.3) is 11.8 Å². The average Bonchev–Trinajstić information content (AvgIpc) is 3.26. The van der Waals surface area contributed by atoms with Gasteiger partial charge in [0.05, 0.1) is 42.0 Å². The highest BCUT2D eigenvalue weighted by Gasteiger charge is 2.47. The van der Waals surface area contributed by atoms with Crippen LogP contribution < -0.4 is 20.1 Å². The topological polar surface area (TPSA) is 109 Å². The fourth-order valence-electron chi connectivity index (χ4n) is 5.43. The molecule has 0 unspecified atom stereocenters. The number of nitrogens with one attached hydrogen (secondary N) is 3.